The Labute approximate surface area is 105 Å². The van der Waals surface area contributed by atoms with Gasteiger partial charge in [-0.1, -0.05) is 11.6 Å². The first kappa shape index (κ1) is 12.2. The molecule has 0 aliphatic rings. The lowest BCUT2D eigenvalue weighted by Gasteiger charge is -2.05. The number of benzene rings is 1. The van der Waals surface area contributed by atoms with E-state index in [0.717, 1.165) is 12.4 Å². The zero-order valence-electron chi connectivity index (χ0n) is 8.71. The van der Waals surface area contributed by atoms with E-state index in [0.29, 0.717) is 0 Å². The molecular weight excluding hydrogens is 265 g/mol. The molecule has 0 atom stereocenters. The topological polar surface area (TPSA) is 78.2 Å². The molecule has 0 saturated heterocycles. The third-order valence-corrected chi connectivity index (χ3v) is 2.18. The lowest BCUT2D eigenvalue weighted by atomic mass is 10.3. The Morgan fingerprint density at radius 2 is 2.11 bits per heavy atom. The third kappa shape index (κ3) is 2.69. The van der Waals surface area contributed by atoms with Crippen LogP contribution in [0.3, 0.4) is 0 Å². The van der Waals surface area contributed by atoms with Crippen molar-refractivity contribution >= 4 is 17.3 Å². The minimum absolute atomic E-state index is 0.120. The predicted molar refractivity (Wildman–Crippen MR) is 60.2 cm³/mol. The lowest BCUT2D eigenvalue weighted by Crippen LogP contribution is -1.95. The molecule has 92 valence electrons. The molecule has 18 heavy (non-hydrogen) atoms. The molecule has 0 aliphatic carbocycles. The molecule has 0 bridgehead atoms. The van der Waals surface area contributed by atoms with Gasteiger partial charge in [0.05, 0.1) is 11.0 Å². The minimum atomic E-state index is -0.801. The molecule has 0 radical (unpaired) electrons. The van der Waals surface area contributed by atoms with E-state index in [2.05, 4.69) is 9.97 Å². The van der Waals surface area contributed by atoms with Gasteiger partial charge in [-0.15, -0.1) is 0 Å². The summed E-state index contributed by atoms with van der Waals surface area (Å²) in [5.74, 6) is -1.07. The Bertz CT molecular complexity index is 609. The van der Waals surface area contributed by atoms with Gasteiger partial charge in [-0.05, 0) is 6.07 Å². The Kier molecular flexibility index (Phi) is 3.33. The Morgan fingerprint density at radius 3 is 2.78 bits per heavy atom. The van der Waals surface area contributed by atoms with Crippen LogP contribution in [0.2, 0.25) is 5.02 Å². The molecule has 0 fully saturated rings. The summed E-state index contributed by atoms with van der Waals surface area (Å²) in [5.41, 5.74) is -0.293. The molecule has 1 aromatic carbocycles. The van der Waals surface area contributed by atoms with Crippen LogP contribution in [0.4, 0.5) is 10.1 Å². The van der Waals surface area contributed by atoms with Gasteiger partial charge in [0.25, 0.3) is 0 Å². The van der Waals surface area contributed by atoms with Crippen LogP contribution in [0.25, 0.3) is 0 Å². The van der Waals surface area contributed by atoms with Gasteiger partial charge in [-0.2, -0.15) is 4.39 Å². The first-order valence-electron chi connectivity index (χ1n) is 4.65. The highest BCUT2D eigenvalue weighted by molar-refractivity contribution is 6.30. The molecule has 2 aromatic rings. The second-order valence-corrected chi connectivity index (χ2v) is 3.59. The molecule has 0 saturated carbocycles. The second-order valence-electron chi connectivity index (χ2n) is 3.15. The number of hydrogen-bond acceptors (Lipinski definition) is 5. The van der Waals surface area contributed by atoms with Crippen molar-refractivity contribution in [3.63, 3.8) is 0 Å². The highest BCUT2D eigenvalue weighted by Crippen LogP contribution is 2.32. The van der Waals surface area contributed by atoms with Crippen molar-refractivity contribution in [3.8, 4) is 11.6 Å². The number of hydrogen-bond donors (Lipinski definition) is 0. The number of nitro benzene ring substituents is 1. The van der Waals surface area contributed by atoms with Crippen molar-refractivity contribution in [2.75, 3.05) is 0 Å². The summed E-state index contributed by atoms with van der Waals surface area (Å²) < 4.78 is 17.9. The van der Waals surface area contributed by atoms with Crippen molar-refractivity contribution < 1.29 is 14.1 Å². The van der Waals surface area contributed by atoms with Crippen LogP contribution < -0.4 is 4.74 Å². The summed E-state index contributed by atoms with van der Waals surface area (Å²) in [6.07, 6.45) is 0.945. The second kappa shape index (κ2) is 4.92. The van der Waals surface area contributed by atoms with Gasteiger partial charge in [-0.3, -0.25) is 10.1 Å². The van der Waals surface area contributed by atoms with Gasteiger partial charge in [0, 0.05) is 17.2 Å². The minimum Gasteiger partial charge on any atom is -0.432 e. The molecular formula is C10H5ClFN3O3. The molecule has 6 nitrogen and oxygen atoms in total. The summed E-state index contributed by atoms with van der Waals surface area (Å²) in [6.45, 7) is 0. The first-order chi connectivity index (χ1) is 8.56. The maximum Gasteiger partial charge on any atom is 0.311 e. The normalized spacial score (nSPS) is 10.1. The molecule has 1 aromatic heterocycles. The van der Waals surface area contributed by atoms with E-state index < -0.39 is 10.9 Å². The lowest BCUT2D eigenvalue weighted by molar-refractivity contribution is -0.385. The van der Waals surface area contributed by atoms with Gasteiger partial charge in [0.2, 0.25) is 17.6 Å². The monoisotopic (exact) mass is 269 g/mol. The maximum absolute atomic E-state index is 12.8. The fourth-order valence-electron chi connectivity index (χ4n) is 1.21. The largest absolute Gasteiger partial charge is 0.432 e. The zero-order valence-corrected chi connectivity index (χ0v) is 9.46. The smallest absolute Gasteiger partial charge is 0.311 e. The Hall–Kier alpha value is -2.28. The van der Waals surface area contributed by atoms with E-state index in [1.807, 2.05) is 0 Å². The molecule has 1 heterocycles. The SMILES string of the molecule is O=[N+]([O-])c1ccc(Cl)cc1Oc1cc(F)ncn1. The maximum atomic E-state index is 12.8. The summed E-state index contributed by atoms with van der Waals surface area (Å²) in [4.78, 5) is 17.0. The fraction of sp³-hybridized carbons (Fsp3) is 0. The first-order valence-corrected chi connectivity index (χ1v) is 5.03. The summed E-state index contributed by atoms with van der Waals surface area (Å²) in [6, 6.07) is 4.70. The van der Waals surface area contributed by atoms with Gasteiger partial charge in [-0.25, -0.2) is 9.97 Å². The number of halogens is 2. The van der Waals surface area contributed by atoms with Crippen molar-refractivity contribution in [1.29, 1.82) is 0 Å². The van der Waals surface area contributed by atoms with E-state index in [4.69, 9.17) is 16.3 Å². The van der Waals surface area contributed by atoms with Crippen molar-refractivity contribution in [2.24, 2.45) is 0 Å². The van der Waals surface area contributed by atoms with Crippen molar-refractivity contribution in [2.45, 2.75) is 0 Å². The van der Waals surface area contributed by atoms with Crippen LogP contribution in [-0.4, -0.2) is 14.9 Å². The highest BCUT2D eigenvalue weighted by atomic mass is 35.5. The molecule has 0 aliphatic heterocycles. The number of aromatic nitrogens is 2. The van der Waals surface area contributed by atoms with Gasteiger partial charge in [0.1, 0.15) is 6.33 Å². The zero-order chi connectivity index (χ0) is 13.1. The number of ether oxygens (including phenoxy) is 1. The van der Waals surface area contributed by atoms with Crippen LogP contribution in [0.15, 0.2) is 30.6 Å². The van der Waals surface area contributed by atoms with Crippen LogP contribution in [-0.2, 0) is 0 Å². The Balaban J connectivity index is 2.39. The number of nitro groups is 1. The van der Waals surface area contributed by atoms with E-state index in [-0.39, 0.29) is 22.3 Å². The number of rotatable bonds is 3. The Morgan fingerprint density at radius 1 is 1.33 bits per heavy atom. The molecule has 8 heteroatoms. The van der Waals surface area contributed by atoms with Crippen LogP contribution >= 0.6 is 11.6 Å². The molecule has 0 unspecified atom stereocenters. The highest BCUT2D eigenvalue weighted by Gasteiger charge is 2.16. The third-order valence-electron chi connectivity index (χ3n) is 1.94. The van der Waals surface area contributed by atoms with E-state index in [1.54, 1.807) is 0 Å². The van der Waals surface area contributed by atoms with Crippen molar-refractivity contribution in [1.82, 2.24) is 9.97 Å². The van der Waals surface area contributed by atoms with Crippen LogP contribution in [0, 0.1) is 16.1 Å². The van der Waals surface area contributed by atoms with Crippen LogP contribution in [0.1, 0.15) is 0 Å². The molecule has 0 spiro atoms. The van der Waals surface area contributed by atoms with Gasteiger partial charge < -0.3 is 4.74 Å². The summed E-state index contributed by atoms with van der Waals surface area (Å²) >= 11 is 5.71. The quantitative estimate of drug-likeness (QED) is 0.486. The van der Waals surface area contributed by atoms with Crippen LogP contribution in [0.5, 0.6) is 11.6 Å². The van der Waals surface area contributed by atoms with E-state index in [9.17, 15) is 14.5 Å². The molecule has 0 N–H and O–H groups in total. The average molecular weight is 270 g/mol. The van der Waals surface area contributed by atoms with Crippen molar-refractivity contribution in [3.05, 3.63) is 51.7 Å². The summed E-state index contributed by atoms with van der Waals surface area (Å²) in [5, 5.41) is 11.0. The molecule has 2 rings (SSSR count). The number of nitrogens with zero attached hydrogens (tertiary/aromatic N) is 3. The van der Waals surface area contributed by atoms with Gasteiger partial charge in [0.15, 0.2) is 0 Å². The molecule has 0 amide bonds. The standard InChI is InChI=1S/C10H5ClFN3O3/c11-6-1-2-7(15(16)17)8(3-6)18-10-4-9(12)13-5-14-10/h1-5H. The van der Waals surface area contributed by atoms with E-state index >= 15 is 0 Å². The van der Waals surface area contributed by atoms with Gasteiger partial charge >= 0.3 is 5.69 Å². The summed E-state index contributed by atoms with van der Waals surface area (Å²) in [7, 11) is 0. The van der Waals surface area contributed by atoms with E-state index in [1.165, 1.54) is 18.2 Å². The predicted octanol–water partition coefficient (Wildman–Crippen LogP) is 2.97. The average Bonchev–Trinajstić information content (AvgIpc) is 2.28. The fourth-order valence-corrected chi connectivity index (χ4v) is 1.37.